The Bertz CT molecular complexity index is 295. The van der Waals surface area contributed by atoms with Crippen LogP contribution in [-0.4, -0.2) is 18.9 Å². The summed E-state index contributed by atoms with van der Waals surface area (Å²) < 4.78 is 0. The Morgan fingerprint density at radius 3 is 2.53 bits per heavy atom. The molecule has 0 saturated carbocycles. The minimum absolute atomic E-state index is 0.218. The van der Waals surface area contributed by atoms with Crippen LogP contribution in [0.3, 0.4) is 0 Å². The fraction of sp³-hybridized carbons (Fsp3) is 0.417. The second kappa shape index (κ2) is 6.06. The summed E-state index contributed by atoms with van der Waals surface area (Å²) in [5.74, 6) is 0.218. The molecule has 15 heavy (non-hydrogen) atoms. The Hall–Kier alpha value is -1.51. The summed E-state index contributed by atoms with van der Waals surface area (Å²) in [5.41, 5.74) is 6.58. The first-order valence-electron chi connectivity index (χ1n) is 5.37. The van der Waals surface area contributed by atoms with E-state index in [-0.39, 0.29) is 5.84 Å². The number of para-hydroxylation sites is 1. The van der Waals surface area contributed by atoms with E-state index in [1.165, 1.54) is 0 Å². The van der Waals surface area contributed by atoms with E-state index in [1.54, 1.807) is 0 Å². The number of nitrogens with one attached hydrogen (secondary N) is 1. The third-order valence-corrected chi connectivity index (χ3v) is 2.26. The van der Waals surface area contributed by atoms with Crippen LogP contribution in [0.15, 0.2) is 30.3 Å². The van der Waals surface area contributed by atoms with E-state index in [9.17, 15) is 0 Å². The summed E-state index contributed by atoms with van der Waals surface area (Å²) in [6.07, 6.45) is 2.28. The highest BCUT2D eigenvalue weighted by Gasteiger charge is 2.05. The van der Waals surface area contributed by atoms with Gasteiger partial charge in [-0.05, 0) is 18.6 Å². The van der Waals surface area contributed by atoms with Crippen molar-refractivity contribution >= 4 is 11.5 Å². The molecule has 0 atom stereocenters. The van der Waals surface area contributed by atoms with Crippen molar-refractivity contribution in [2.24, 2.45) is 5.73 Å². The third-order valence-electron chi connectivity index (χ3n) is 2.26. The lowest BCUT2D eigenvalue weighted by Gasteiger charge is -2.23. The molecule has 0 unspecified atom stereocenters. The molecule has 0 aliphatic carbocycles. The molecule has 0 heterocycles. The van der Waals surface area contributed by atoms with Gasteiger partial charge < -0.3 is 10.6 Å². The number of nitrogens with two attached hydrogens (primary N) is 1. The van der Waals surface area contributed by atoms with Gasteiger partial charge in [-0.2, -0.15) is 0 Å². The van der Waals surface area contributed by atoms with Gasteiger partial charge in [0.2, 0.25) is 0 Å². The van der Waals surface area contributed by atoms with Crippen LogP contribution < -0.4 is 10.6 Å². The Kier molecular flexibility index (Phi) is 4.68. The Morgan fingerprint density at radius 1 is 1.33 bits per heavy atom. The van der Waals surface area contributed by atoms with Crippen molar-refractivity contribution in [3.05, 3.63) is 30.3 Å². The Labute approximate surface area is 91.4 Å². The molecule has 1 aromatic rings. The lowest BCUT2D eigenvalue weighted by atomic mass is 10.2. The van der Waals surface area contributed by atoms with Gasteiger partial charge in [0, 0.05) is 12.2 Å². The van der Waals surface area contributed by atoms with Crippen LogP contribution in [0, 0.1) is 5.41 Å². The van der Waals surface area contributed by atoms with Gasteiger partial charge in [0.25, 0.3) is 0 Å². The predicted molar refractivity (Wildman–Crippen MR) is 65.5 cm³/mol. The molecule has 0 radical (unpaired) electrons. The molecule has 82 valence electrons. The van der Waals surface area contributed by atoms with Crippen LogP contribution in [0.25, 0.3) is 0 Å². The number of nitrogens with zero attached hydrogens (tertiary/aromatic N) is 1. The minimum atomic E-state index is 0.218. The van der Waals surface area contributed by atoms with E-state index in [2.05, 4.69) is 24.0 Å². The number of anilines is 1. The van der Waals surface area contributed by atoms with Gasteiger partial charge in [-0.3, -0.25) is 5.41 Å². The number of hydrogen-bond acceptors (Lipinski definition) is 2. The van der Waals surface area contributed by atoms with Crippen molar-refractivity contribution in [2.75, 3.05) is 18.0 Å². The SMILES string of the molecule is CCCCN(CC(=N)N)c1ccccc1. The third kappa shape index (κ3) is 4.02. The van der Waals surface area contributed by atoms with Crippen molar-refractivity contribution in [2.45, 2.75) is 19.8 Å². The average Bonchev–Trinajstić information content (AvgIpc) is 2.25. The first-order chi connectivity index (χ1) is 7.24. The quantitative estimate of drug-likeness (QED) is 0.552. The first kappa shape index (κ1) is 11.6. The molecular formula is C12H19N3. The second-order valence-electron chi connectivity index (χ2n) is 3.64. The molecule has 0 fully saturated rings. The molecule has 0 saturated heterocycles. The zero-order chi connectivity index (χ0) is 11.1. The van der Waals surface area contributed by atoms with E-state index >= 15 is 0 Å². The molecule has 0 aliphatic heterocycles. The van der Waals surface area contributed by atoms with Crippen LogP contribution >= 0.6 is 0 Å². The van der Waals surface area contributed by atoms with Crippen molar-refractivity contribution in [1.82, 2.24) is 0 Å². The van der Waals surface area contributed by atoms with Crippen LogP contribution in [0.1, 0.15) is 19.8 Å². The largest absolute Gasteiger partial charge is 0.386 e. The van der Waals surface area contributed by atoms with Crippen LogP contribution in [0.2, 0.25) is 0 Å². The average molecular weight is 205 g/mol. The molecule has 3 heteroatoms. The predicted octanol–water partition coefficient (Wildman–Crippen LogP) is 2.23. The second-order valence-corrected chi connectivity index (χ2v) is 3.64. The van der Waals surface area contributed by atoms with E-state index in [4.69, 9.17) is 11.1 Å². The highest BCUT2D eigenvalue weighted by atomic mass is 15.1. The lowest BCUT2D eigenvalue weighted by molar-refractivity contribution is 0.751. The molecule has 1 rings (SSSR count). The molecule has 0 spiro atoms. The highest BCUT2D eigenvalue weighted by molar-refractivity contribution is 5.82. The summed E-state index contributed by atoms with van der Waals surface area (Å²) in [7, 11) is 0. The molecule has 0 aromatic heterocycles. The zero-order valence-electron chi connectivity index (χ0n) is 9.24. The van der Waals surface area contributed by atoms with E-state index in [0.717, 1.165) is 25.1 Å². The van der Waals surface area contributed by atoms with Crippen molar-refractivity contribution in [3.8, 4) is 0 Å². The van der Waals surface area contributed by atoms with Gasteiger partial charge >= 0.3 is 0 Å². The number of amidine groups is 1. The smallest absolute Gasteiger partial charge is 0.110 e. The van der Waals surface area contributed by atoms with Crippen LogP contribution in [0.4, 0.5) is 5.69 Å². The molecule has 0 amide bonds. The van der Waals surface area contributed by atoms with Gasteiger partial charge in [0.15, 0.2) is 0 Å². The Morgan fingerprint density at radius 2 is 2.00 bits per heavy atom. The molecule has 3 N–H and O–H groups in total. The van der Waals surface area contributed by atoms with Gasteiger partial charge in [-0.1, -0.05) is 31.5 Å². The van der Waals surface area contributed by atoms with Crippen LogP contribution in [0.5, 0.6) is 0 Å². The van der Waals surface area contributed by atoms with Crippen molar-refractivity contribution < 1.29 is 0 Å². The standard InChI is InChI=1S/C12H19N3/c1-2-3-9-15(10-12(13)14)11-7-5-4-6-8-11/h4-8H,2-3,9-10H2,1H3,(H3,13,14). The summed E-state index contributed by atoms with van der Waals surface area (Å²) in [5, 5.41) is 7.35. The van der Waals surface area contributed by atoms with E-state index in [1.807, 2.05) is 18.2 Å². The normalized spacial score (nSPS) is 9.93. The van der Waals surface area contributed by atoms with Gasteiger partial charge in [-0.25, -0.2) is 0 Å². The number of unbranched alkanes of at least 4 members (excludes halogenated alkanes) is 1. The fourth-order valence-corrected chi connectivity index (χ4v) is 1.49. The minimum Gasteiger partial charge on any atom is -0.386 e. The monoisotopic (exact) mass is 205 g/mol. The summed E-state index contributed by atoms with van der Waals surface area (Å²) >= 11 is 0. The van der Waals surface area contributed by atoms with Crippen molar-refractivity contribution in [1.29, 1.82) is 5.41 Å². The number of hydrogen-bond donors (Lipinski definition) is 2. The zero-order valence-corrected chi connectivity index (χ0v) is 9.24. The molecule has 0 aliphatic rings. The maximum atomic E-state index is 7.35. The van der Waals surface area contributed by atoms with Gasteiger partial charge in [-0.15, -0.1) is 0 Å². The maximum Gasteiger partial charge on any atom is 0.110 e. The van der Waals surface area contributed by atoms with Gasteiger partial charge in [0.1, 0.15) is 5.84 Å². The molecule has 1 aromatic carbocycles. The van der Waals surface area contributed by atoms with E-state index < -0.39 is 0 Å². The lowest BCUT2D eigenvalue weighted by Crippen LogP contribution is -2.34. The summed E-state index contributed by atoms with van der Waals surface area (Å²) in [6.45, 7) is 3.64. The summed E-state index contributed by atoms with van der Waals surface area (Å²) in [6, 6.07) is 10.1. The fourth-order valence-electron chi connectivity index (χ4n) is 1.49. The maximum absolute atomic E-state index is 7.35. The number of rotatable bonds is 6. The molecule has 3 nitrogen and oxygen atoms in total. The molecule has 0 bridgehead atoms. The van der Waals surface area contributed by atoms with Crippen molar-refractivity contribution in [3.63, 3.8) is 0 Å². The topological polar surface area (TPSA) is 53.1 Å². The van der Waals surface area contributed by atoms with Crippen LogP contribution in [-0.2, 0) is 0 Å². The highest BCUT2D eigenvalue weighted by Crippen LogP contribution is 2.13. The first-order valence-corrected chi connectivity index (χ1v) is 5.37. The Balaban J connectivity index is 2.67. The molecular weight excluding hydrogens is 186 g/mol. The van der Waals surface area contributed by atoms with Gasteiger partial charge in [0.05, 0.1) is 6.54 Å². The number of benzene rings is 1. The summed E-state index contributed by atoms with van der Waals surface area (Å²) in [4.78, 5) is 2.14. The van der Waals surface area contributed by atoms with E-state index in [0.29, 0.717) is 6.54 Å².